The molecule has 222 valence electrons. The summed E-state index contributed by atoms with van der Waals surface area (Å²) in [5.74, 6) is 0.337. The lowest BCUT2D eigenvalue weighted by atomic mass is 9.99. The van der Waals surface area contributed by atoms with Crippen LogP contribution in [0.3, 0.4) is 0 Å². The van der Waals surface area contributed by atoms with Crippen molar-refractivity contribution in [2.45, 2.75) is 38.8 Å². The molecule has 0 aliphatic carbocycles. The number of nitrogens with one attached hydrogen (secondary N) is 1. The van der Waals surface area contributed by atoms with Crippen LogP contribution >= 0.6 is 11.6 Å². The molecule has 3 heterocycles. The fraction of sp³-hybridized carbons (Fsp3) is 0.394. The molecular formula is C33H36ClF3N4O. The van der Waals surface area contributed by atoms with Gasteiger partial charge in [-0.05, 0) is 78.9 Å². The minimum atomic E-state index is -4.71. The van der Waals surface area contributed by atoms with E-state index < -0.39 is 6.36 Å². The minimum absolute atomic E-state index is 0.211. The Hall–Kier alpha value is -3.04. The molecule has 3 aromatic carbocycles. The zero-order valence-electron chi connectivity index (χ0n) is 23.5. The van der Waals surface area contributed by atoms with Crippen molar-refractivity contribution in [2.24, 2.45) is 5.92 Å². The highest BCUT2D eigenvalue weighted by Crippen LogP contribution is 2.34. The largest absolute Gasteiger partial charge is 0.573 e. The van der Waals surface area contributed by atoms with Gasteiger partial charge in [-0.2, -0.15) is 0 Å². The monoisotopic (exact) mass is 596 g/mol. The summed E-state index contributed by atoms with van der Waals surface area (Å²) in [5, 5.41) is 5.45. The maximum atomic E-state index is 12.7. The quantitative estimate of drug-likeness (QED) is 0.234. The normalized spacial score (nSPS) is 18.9. The first-order chi connectivity index (χ1) is 20.3. The number of halogens is 4. The number of alkyl halides is 3. The Morgan fingerprint density at radius 1 is 0.905 bits per heavy atom. The maximum Gasteiger partial charge on any atom is 0.573 e. The summed E-state index contributed by atoms with van der Waals surface area (Å²) in [6, 6.07) is 20.9. The summed E-state index contributed by atoms with van der Waals surface area (Å²) in [7, 11) is 0. The Bertz CT molecular complexity index is 1490. The van der Waals surface area contributed by atoms with Crippen LogP contribution in [-0.2, 0) is 19.6 Å². The number of ether oxygens (including phenoxy) is 1. The minimum Gasteiger partial charge on any atom is -0.406 e. The molecule has 2 aliphatic heterocycles. The van der Waals surface area contributed by atoms with Crippen LogP contribution in [0.4, 0.5) is 13.2 Å². The van der Waals surface area contributed by atoms with Gasteiger partial charge in [-0.1, -0.05) is 48.0 Å². The molecule has 2 saturated heterocycles. The lowest BCUT2D eigenvalue weighted by molar-refractivity contribution is -0.274. The summed E-state index contributed by atoms with van der Waals surface area (Å²) in [4.78, 5) is 4.93. The lowest BCUT2D eigenvalue weighted by Gasteiger charge is -2.35. The fourth-order valence-corrected chi connectivity index (χ4v) is 6.44. The van der Waals surface area contributed by atoms with Gasteiger partial charge in [0.1, 0.15) is 5.75 Å². The predicted molar refractivity (Wildman–Crippen MR) is 162 cm³/mol. The average molecular weight is 597 g/mol. The van der Waals surface area contributed by atoms with E-state index in [0.717, 1.165) is 91.5 Å². The number of benzene rings is 3. The first-order valence-electron chi connectivity index (χ1n) is 14.7. The molecule has 1 aromatic heterocycles. The lowest BCUT2D eigenvalue weighted by Crippen LogP contribution is -2.45. The molecule has 1 atom stereocenters. The number of nitrogens with zero attached hydrogens (tertiary/aromatic N) is 3. The zero-order valence-corrected chi connectivity index (χ0v) is 24.3. The molecule has 4 aromatic rings. The molecular weight excluding hydrogens is 561 g/mol. The first-order valence-corrected chi connectivity index (χ1v) is 15.1. The summed E-state index contributed by atoms with van der Waals surface area (Å²) in [6.07, 6.45) is -0.185. The molecule has 0 spiro atoms. The number of aromatic nitrogens is 1. The molecule has 6 rings (SSSR count). The Labute approximate surface area is 249 Å². The molecule has 0 radical (unpaired) electrons. The van der Waals surface area contributed by atoms with Gasteiger partial charge in [-0.3, -0.25) is 9.80 Å². The summed E-state index contributed by atoms with van der Waals surface area (Å²) in [6.45, 7) is 8.61. The van der Waals surface area contributed by atoms with Gasteiger partial charge in [0.15, 0.2) is 0 Å². The fourth-order valence-electron chi connectivity index (χ4n) is 6.25. The van der Waals surface area contributed by atoms with Gasteiger partial charge < -0.3 is 14.6 Å². The highest BCUT2D eigenvalue weighted by molar-refractivity contribution is 6.31. The SMILES string of the molecule is FC(F)(F)Oc1ccc(-c2cn(CC3CCCNC3)c3ccc(CN4CCN(Cc5ccccc5Cl)CC4)cc23)cc1. The van der Waals surface area contributed by atoms with Crippen molar-refractivity contribution in [3.8, 4) is 16.9 Å². The Balaban J connectivity index is 1.20. The molecule has 2 aliphatic rings. The van der Waals surface area contributed by atoms with Crippen LogP contribution in [0.25, 0.3) is 22.0 Å². The number of fused-ring (bicyclic) bond motifs is 1. The van der Waals surface area contributed by atoms with E-state index in [1.807, 2.05) is 18.2 Å². The number of hydrogen-bond acceptors (Lipinski definition) is 4. The van der Waals surface area contributed by atoms with E-state index >= 15 is 0 Å². The third kappa shape index (κ3) is 7.11. The van der Waals surface area contributed by atoms with Crippen molar-refractivity contribution in [1.29, 1.82) is 0 Å². The van der Waals surface area contributed by atoms with E-state index in [9.17, 15) is 13.2 Å². The second-order valence-corrected chi connectivity index (χ2v) is 11.9. The standard InChI is InChI=1S/C33H36ClF3N4O/c34-31-6-2-1-5-27(31)22-40-16-14-39(15-17-40)20-24-7-12-32-29(18-24)30(23-41(32)21-25-4-3-13-38-19-25)26-8-10-28(11-9-26)42-33(35,36)37/h1-2,5-12,18,23,25,38H,3-4,13-17,19-22H2. The van der Waals surface area contributed by atoms with E-state index in [1.165, 1.54) is 30.5 Å². The number of piperazine rings is 1. The highest BCUT2D eigenvalue weighted by Gasteiger charge is 2.31. The number of piperidine rings is 1. The van der Waals surface area contributed by atoms with Gasteiger partial charge in [-0.25, -0.2) is 0 Å². The Morgan fingerprint density at radius 3 is 2.33 bits per heavy atom. The smallest absolute Gasteiger partial charge is 0.406 e. The second kappa shape index (κ2) is 12.7. The van der Waals surface area contributed by atoms with Crippen LogP contribution in [0.15, 0.2) is 72.9 Å². The third-order valence-electron chi connectivity index (χ3n) is 8.42. The average Bonchev–Trinajstić information content (AvgIpc) is 3.33. The molecule has 0 saturated carbocycles. The van der Waals surface area contributed by atoms with E-state index in [2.05, 4.69) is 54.9 Å². The topological polar surface area (TPSA) is 32.7 Å². The molecule has 1 unspecified atom stereocenters. The van der Waals surface area contributed by atoms with Crippen molar-refractivity contribution in [1.82, 2.24) is 19.7 Å². The molecule has 2 fully saturated rings. The van der Waals surface area contributed by atoms with Crippen LogP contribution in [0.2, 0.25) is 5.02 Å². The summed E-state index contributed by atoms with van der Waals surface area (Å²) < 4.78 is 44.6. The van der Waals surface area contributed by atoms with Crippen molar-refractivity contribution in [3.05, 3.63) is 89.1 Å². The molecule has 0 amide bonds. The van der Waals surface area contributed by atoms with Crippen LogP contribution < -0.4 is 10.1 Å². The first kappa shape index (κ1) is 29.1. The highest BCUT2D eigenvalue weighted by atomic mass is 35.5. The summed E-state index contributed by atoms with van der Waals surface area (Å²) >= 11 is 6.38. The van der Waals surface area contributed by atoms with Crippen LogP contribution in [0, 0.1) is 5.92 Å². The molecule has 5 nitrogen and oxygen atoms in total. The van der Waals surface area contributed by atoms with Crippen molar-refractivity contribution in [3.63, 3.8) is 0 Å². The zero-order chi connectivity index (χ0) is 29.1. The molecule has 0 bridgehead atoms. The van der Waals surface area contributed by atoms with Gasteiger partial charge in [-0.15, -0.1) is 13.2 Å². The predicted octanol–water partition coefficient (Wildman–Crippen LogP) is 7.18. The Morgan fingerprint density at radius 2 is 1.64 bits per heavy atom. The van der Waals surface area contributed by atoms with Crippen LogP contribution in [-0.4, -0.2) is 60.0 Å². The van der Waals surface area contributed by atoms with E-state index in [-0.39, 0.29) is 5.75 Å². The van der Waals surface area contributed by atoms with Gasteiger partial charge >= 0.3 is 6.36 Å². The molecule has 1 N–H and O–H groups in total. The molecule has 42 heavy (non-hydrogen) atoms. The Kier molecular flexibility index (Phi) is 8.77. The van der Waals surface area contributed by atoms with Crippen LogP contribution in [0.1, 0.15) is 24.0 Å². The van der Waals surface area contributed by atoms with E-state index in [0.29, 0.717) is 5.92 Å². The van der Waals surface area contributed by atoms with Crippen molar-refractivity contribution >= 4 is 22.5 Å². The number of rotatable bonds is 8. The van der Waals surface area contributed by atoms with Gasteiger partial charge in [0.2, 0.25) is 0 Å². The molecule has 9 heteroatoms. The van der Waals surface area contributed by atoms with E-state index in [4.69, 9.17) is 11.6 Å². The van der Waals surface area contributed by atoms with Gasteiger partial charge in [0.05, 0.1) is 0 Å². The number of hydrogen-bond donors (Lipinski definition) is 1. The van der Waals surface area contributed by atoms with E-state index in [1.54, 1.807) is 12.1 Å². The van der Waals surface area contributed by atoms with Gasteiger partial charge in [0.25, 0.3) is 0 Å². The second-order valence-electron chi connectivity index (χ2n) is 11.5. The van der Waals surface area contributed by atoms with Crippen molar-refractivity contribution in [2.75, 3.05) is 39.3 Å². The maximum absolute atomic E-state index is 12.7. The summed E-state index contributed by atoms with van der Waals surface area (Å²) in [5.41, 5.74) is 5.45. The third-order valence-corrected chi connectivity index (χ3v) is 8.79. The van der Waals surface area contributed by atoms with Crippen LogP contribution in [0.5, 0.6) is 5.75 Å². The van der Waals surface area contributed by atoms with Crippen molar-refractivity contribution < 1.29 is 17.9 Å². The van der Waals surface area contributed by atoms with Gasteiger partial charge in [0, 0.05) is 73.5 Å².